The van der Waals surface area contributed by atoms with Crippen molar-refractivity contribution in [3.05, 3.63) is 104 Å². The number of nitrogens with zero attached hydrogens (tertiary/aromatic N) is 3. The van der Waals surface area contributed by atoms with Crippen molar-refractivity contribution in [3.63, 3.8) is 0 Å². The van der Waals surface area contributed by atoms with Crippen molar-refractivity contribution < 1.29 is 13.6 Å². The Labute approximate surface area is 181 Å². The first kappa shape index (κ1) is 20.9. The molecule has 0 aliphatic rings. The zero-order valence-electron chi connectivity index (χ0n) is 16.9. The van der Waals surface area contributed by atoms with Gasteiger partial charge in [-0.05, 0) is 30.7 Å². The maximum Gasteiger partial charge on any atom is 0.271 e. The third-order valence-electron chi connectivity index (χ3n) is 5.22. The predicted octanol–water partition coefficient (Wildman–Crippen LogP) is 4.46. The maximum atomic E-state index is 14.1. The molecule has 4 aromatic rings. The van der Waals surface area contributed by atoms with Crippen LogP contribution in [0.2, 0.25) is 0 Å². The third-order valence-corrected chi connectivity index (χ3v) is 6.21. The Morgan fingerprint density at radius 3 is 2.68 bits per heavy atom. The SMILES string of the molecule is CC(c1cc(F)ccc1F)N(C)C(=O)c1cnc2sc(Cc3ccccc3)cn2c1=O. The van der Waals surface area contributed by atoms with Crippen molar-refractivity contribution in [1.29, 1.82) is 0 Å². The van der Waals surface area contributed by atoms with E-state index in [0.29, 0.717) is 11.4 Å². The molecule has 158 valence electrons. The summed E-state index contributed by atoms with van der Waals surface area (Å²) >= 11 is 1.38. The Morgan fingerprint density at radius 2 is 1.94 bits per heavy atom. The fraction of sp³-hybridized carbons (Fsp3) is 0.174. The van der Waals surface area contributed by atoms with Crippen LogP contribution in [0.25, 0.3) is 4.96 Å². The van der Waals surface area contributed by atoms with E-state index < -0.39 is 29.1 Å². The number of thiazole rings is 1. The van der Waals surface area contributed by atoms with Gasteiger partial charge < -0.3 is 4.90 Å². The molecule has 0 saturated carbocycles. The first-order valence-corrected chi connectivity index (χ1v) is 10.4. The number of hydrogen-bond donors (Lipinski definition) is 0. The molecule has 4 rings (SSSR count). The average molecular weight is 439 g/mol. The Balaban J connectivity index is 1.64. The summed E-state index contributed by atoms with van der Waals surface area (Å²) in [4.78, 5) is 32.8. The Bertz CT molecular complexity index is 1320. The Hall–Kier alpha value is -3.39. The molecule has 8 heteroatoms. The highest BCUT2D eigenvalue weighted by atomic mass is 32.1. The minimum atomic E-state index is -0.778. The number of carbonyl (C=O) groups excluding carboxylic acids is 1. The molecule has 2 aromatic heterocycles. The topological polar surface area (TPSA) is 54.7 Å². The van der Waals surface area contributed by atoms with Gasteiger partial charge in [-0.25, -0.2) is 13.8 Å². The van der Waals surface area contributed by atoms with Crippen LogP contribution < -0.4 is 5.56 Å². The first-order chi connectivity index (χ1) is 14.8. The summed E-state index contributed by atoms with van der Waals surface area (Å²) in [6, 6.07) is 12.1. The lowest BCUT2D eigenvalue weighted by atomic mass is 10.1. The van der Waals surface area contributed by atoms with Gasteiger partial charge in [0, 0.05) is 36.3 Å². The number of aromatic nitrogens is 2. The van der Waals surface area contributed by atoms with E-state index in [1.54, 1.807) is 13.1 Å². The van der Waals surface area contributed by atoms with Crippen LogP contribution in [0.15, 0.2) is 65.7 Å². The molecule has 0 bridgehead atoms. The van der Waals surface area contributed by atoms with E-state index in [2.05, 4.69) is 4.98 Å². The minimum absolute atomic E-state index is 0.0330. The lowest BCUT2D eigenvalue weighted by molar-refractivity contribution is 0.0737. The molecule has 31 heavy (non-hydrogen) atoms. The number of benzene rings is 2. The molecule has 0 fully saturated rings. The molecular formula is C23H19F2N3O2S. The smallest absolute Gasteiger partial charge is 0.271 e. The van der Waals surface area contributed by atoms with Gasteiger partial charge in [-0.15, -0.1) is 11.3 Å². The van der Waals surface area contributed by atoms with Crippen LogP contribution in [0.1, 0.15) is 39.3 Å². The summed E-state index contributed by atoms with van der Waals surface area (Å²) in [5, 5.41) is 0. The number of hydrogen-bond acceptors (Lipinski definition) is 4. The second-order valence-corrected chi connectivity index (χ2v) is 8.34. The maximum absolute atomic E-state index is 14.1. The lowest BCUT2D eigenvalue weighted by Crippen LogP contribution is -2.35. The minimum Gasteiger partial charge on any atom is -0.335 e. The van der Waals surface area contributed by atoms with Gasteiger partial charge >= 0.3 is 0 Å². The highest BCUT2D eigenvalue weighted by Crippen LogP contribution is 2.24. The van der Waals surface area contributed by atoms with Crippen molar-refractivity contribution in [2.45, 2.75) is 19.4 Å². The van der Waals surface area contributed by atoms with E-state index >= 15 is 0 Å². The van der Waals surface area contributed by atoms with Crippen LogP contribution in [-0.2, 0) is 6.42 Å². The number of rotatable bonds is 5. The van der Waals surface area contributed by atoms with Crippen molar-refractivity contribution in [1.82, 2.24) is 14.3 Å². The van der Waals surface area contributed by atoms with Gasteiger partial charge in [-0.3, -0.25) is 14.0 Å². The van der Waals surface area contributed by atoms with Gasteiger partial charge in [0.05, 0.1) is 6.04 Å². The van der Waals surface area contributed by atoms with E-state index in [9.17, 15) is 18.4 Å². The summed E-state index contributed by atoms with van der Waals surface area (Å²) in [6.45, 7) is 1.57. The number of halogens is 2. The zero-order valence-corrected chi connectivity index (χ0v) is 17.7. The highest BCUT2D eigenvalue weighted by Gasteiger charge is 2.25. The summed E-state index contributed by atoms with van der Waals surface area (Å²) in [7, 11) is 1.44. The van der Waals surface area contributed by atoms with Gasteiger partial charge in [-0.2, -0.15) is 0 Å². The van der Waals surface area contributed by atoms with Crippen molar-refractivity contribution in [2.24, 2.45) is 0 Å². The molecule has 0 aliphatic carbocycles. The quantitative estimate of drug-likeness (QED) is 0.461. The number of fused-ring (bicyclic) bond motifs is 1. The first-order valence-electron chi connectivity index (χ1n) is 9.61. The summed E-state index contributed by atoms with van der Waals surface area (Å²) in [6.07, 6.45) is 3.58. The second kappa shape index (κ2) is 8.39. The third kappa shape index (κ3) is 4.11. The molecule has 0 radical (unpaired) electrons. The second-order valence-electron chi connectivity index (χ2n) is 7.25. The van der Waals surface area contributed by atoms with Gasteiger partial charge in [-0.1, -0.05) is 30.3 Å². The number of amides is 1. The van der Waals surface area contributed by atoms with Crippen LogP contribution in [-0.4, -0.2) is 27.2 Å². The standard InChI is InChI=1S/C23H19F2N3O2S/c1-14(18-11-16(24)8-9-20(18)25)27(2)21(29)19-12-26-23-28(22(19)30)13-17(31-23)10-15-6-4-3-5-7-15/h3-9,11-14H,10H2,1-2H3. The largest absolute Gasteiger partial charge is 0.335 e. The molecule has 0 N–H and O–H groups in total. The van der Waals surface area contributed by atoms with Gasteiger partial charge in [0.2, 0.25) is 0 Å². The fourth-order valence-corrected chi connectivity index (χ4v) is 4.34. The van der Waals surface area contributed by atoms with Crippen molar-refractivity contribution in [3.8, 4) is 0 Å². The highest BCUT2D eigenvalue weighted by molar-refractivity contribution is 7.17. The molecular weight excluding hydrogens is 420 g/mol. The Kier molecular flexibility index (Phi) is 5.65. The summed E-state index contributed by atoms with van der Waals surface area (Å²) in [5.74, 6) is -1.84. The molecule has 1 atom stereocenters. The molecule has 0 spiro atoms. The van der Waals surface area contributed by atoms with Crippen LogP contribution >= 0.6 is 11.3 Å². The van der Waals surface area contributed by atoms with Crippen LogP contribution in [0.4, 0.5) is 8.78 Å². The summed E-state index contributed by atoms with van der Waals surface area (Å²) < 4.78 is 29.1. The molecule has 5 nitrogen and oxygen atoms in total. The number of carbonyl (C=O) groups is 1. The van der Waals surface area contributed by atoms with E-state index in [0.717, 1.165) is 28.6 Å². The fourth-order valence-electron chi connectivity index (χ4n) is 3.37. The van der Waals surface area contributed by atoms with Crippen molar-refractivity contribution in [2.75, 3.05) is 7.05 Å². The van der Waals surface area contributed by atoms with Gasteiger partial charge in [0.25, 0.3) is 11.5 Å². The van der Waals surface area contributed by atoms with E-state index in [4.69, 9.17) is 0 Å². The van der Waals surface area contributed by atoms with Crippen LogP contribution in [0.3, 0.4) is 0 Å². The molecule has 1 unspecified atom stereocenters. The zero-order chi connectivity index (χ0) is 22.1. The van der Waals surface area contributed by atoms with Crippen molar-refractivity contribution >= 4 is 22.2 Å². The Morgan fingerprint density at radius 1 is 1.19 bits per heavy atom. The van der Waals surface area contributed by atoms with E-state index in [1.807, 2.05) is 30.3 Å². The molecule has 1 amide bonds. The monoisotopic (exact) mass is 439 g/mol. The van der Waals surface area contributed by atoms with Gasteiger partial charge in [0.1, 0.15) is 17.2 Å². The summed E-state index contributed by atoms with van der Waals surface area (Å²) in [5.41, 5.74) is 0.506. The molecule has 0 saturated heterocycles. The molecule has 2 heterocycles. The average Bonchev–Trinajstić information content (AvgIpc) is 3.18. The van der Waals surface area contributed by atoms with Gasteiger partial charge in [0.15, 0.2) is 4.96 Å². The van der Waals surface area contributed by atoms with Crippen LogP contribution in [0, 0.1) is 11.6 Å². The van der Waals surface area contributed by atoms with Crippen LogP contribution in [0.5, 0.6) is 0 Å². The van der Waals surface area contributed by atoms with E-state index in [-0.39, 0.29) is 11.1 Å². The predicted molar refractivity (Wildman–Crippen MR) is 115 cm³/mol. The molecule has 2 aromatic carbocycles. The van der Waals surface area contributed by atoms with E-state index in [1.165, 1.54) is 33.9 Å². The normalized spacial score (nSPS) is 12.1. The lowest BCUT2D eigenvalue weighted by Gasteiger charge is -2.25. The molecule has 0 aliphatic heterocycles.